The second-order valence-electron chi connectivity index (χ2n) is 4.10. The zero-order valence-corrected chi connectivity index (χ0v) is 12.0. The molecule has 0 fully saturated rings. The smallest absolute Gasteiger partial charge is 0.323 e. The molecule has 0 saturated heterocycles. The Labute approximate surface area is 114 Å². The summed E-state index contributed by atoms with van der Waals surface area (Å²) >= 11 is 0. The highest BCUT2D eigenvalue weighted by atomic mass is 16.5. The van der Waals surface area contributed by atoms with E-state index >= 15 is 0 Å². The number of aromatic nitrogens is 3. The maximum atomic E-state index is 5.62. The Morgan fingerprint density at radius 3 is 2.53 bits per heavy atom. The summed E-state index contributed by atoms with van der Waals surface area (Å²) in [6.45, 7) is 10.6. The Morgan fingerprint density at radius 1 is 1.16 bits per heavy atom. The average Bonchev–Trinajstić information content (AvgIpc) is 2.41. The van der Waals surface area contributed by atoms with Crippen LogP contribution in [-0.2, 0) is 0 Å². The molecule has 7 heteroatoms. The van der Waals surface area contributed by atoms with Gasteiger partial charge < -0.3 is 20.7 Å². The van der Waals surface area contributed by atoms with Gasteiger partial charge in [-0.05, 0) is 19.5 Å². The second kappa shape index (κ2) is 8.47. The van der Waals surface area contributed by atoms with Gasteiger partial charge in [0, 0.05) is 13.1 Å². The third kappa shape index (κ3) is 5.69. The van der Waals surface area contributed by atoms with Crippen molar-refractivity contribution in [3.8, 4) is 6.01 Å². The summed E-state index contributed by atoms with van der Waals surface area (Å²) in [5.74, 6) is 0.636. The highest BCUT2D eigenvalue weighted by molar-refractivity contribution is 5.32. The van der Waals surface area contributed by atoms with Crippen molar-refractivity contribution in [2.75, 3.05) is 43.8 Å². The summed E-state index contributed by atoms with van der Waals surface area (Å²) in [7, 11) is 0. The predicted molar refractivity (Wildman–Crippen MR) is 76.3 cm³/mol. The summed E-state index contributed by atoms with van der Waals surface area (Å²) in [6, 6.07) is 0.277. The normalized spacial score (nSPS) is 10.7. The summed E-state index contributed by atoms with van der Waals surface area (Å²) < 4.78 is 5.35. The molecule has 0 unspecified atom stereocenters. The van der Waals surface area contributed by atoms with Crippen molar-refractivity contribution < 1.29 is 4.74 Å². The van der Waals surface area contributed by atoms with Crippen molar-refractivity contribution in [1.82, 2.24) is 19.9 Å². The third-order valence-electron chi connectivity index (χ3n) is 2.67. The van der Waals surface area contributed by atoms with Gasteiger partial charge in [0.25, 0.3) is 0 Å². The first-order chi connectivity index (χ1) is 9.19. The average molecular weight is 268 g/mol. The monoisotopic (exact) mass is 268 g/mol. The lowest BCUT2D eigenvalue weighted by molar-refractivity contribution is 0.292. The van der Waals surface area contributed by atoms with Gasteiger partial charge in [0.2, 0.25) is 11.9 Å². The van der Waals surface area contributed by atoms with Crippen LogP contribution in [0.25, 0.3) is 0 Å². The predicted octanol–water partition coefficient (Wildman–Crippen LogP) is 0.996. The number of likely N-dealkylation sites (N-methyl/N-ethyl adjacent to an activating group) is 1. The summed E-state index contributed by atoms with van der Waals surface area (Å²) in [6.07, 6.45) is 0.899. The van der Waals surface area contributed by atoms with Crippen LogP contribution in [0.5, 0.6) is 6.01 Å². The summed E-state index contributed by atoms with van der Waals surface area (Å²) in [4.78, 5) is 14.4. The number of rotatable bonds is 9. The Morgan fingerprint density at radius 2 is 1.89 bits per heavy atom. The molecule has 0 aromatic carbocycles. The molecule has 1 aromatic rings. The Hall–Kier alpha value is -1.63. The third-order valence-corrected chi connectivity index (χ3v) is 2.67. The largest absolute Gasteiger partial charge is 0.463 e. The molecule has 19 heavy (non-hydrogen) atoms. The Bertz CT molecular complexity index is 369. The van der Waals surface area contributed by atoms with Crippen LogP contribution < -0.4 is 15.8 Å². The molecule has 0 radical (unpaired) electrons. The van der Waals surface area contributed by atoms with E-state index in [9.17, 15) is 0 Å². The van der Waals surface area contributed by atoms with Crippen LogP contribution in [0.4, 0.5) is 11.9 Å². The molecule has 0 atom stereocenters. The van der Waals surface area contributed by atoms with E-state index < -0.39 is 0 Å². The molecule has 0 bridgehead atoms. The van der Waals surface area contributed by atoms with E-state index in [0.717, 1.165) is 32.6 Å². The minimum atomic E-state index is 0.173. The summed E-state index contributed by atoms with van der Waals surface area (Å²) in [5.41, 5.74) is 5.62. The van der Waals surface area contributed by atoms with Gasteiger partial charge >= 0.3 is 6.01 Å². The number of ether oxygens (including phenoxy) is 1. The molecule has 0 aliphatic heterocycles. The van der Waals surface area contributed by atoms with Gasteiger partial charge in [0.15, 0.2) is 0 Å². The highest BCUT2D eigenvalue weighted by Crippen LogP contribution is 2.08. The lowest BCUT2D eigenvalue weighted by Crippen LogP contribution is -2.29. The van der Waals surface area contributed by atoms with E-state index in [4.69, 9.17) is 10.5 Å². The van der Waals surface area contributed by atoms with Gasteiger partial charge in [-0.15, -0.1) is 0 Å². The molecule has 0 amide bonds. The van der Waals surface area contributed by atoms with E-state index in [2.05, 4.69) is 39.0 Å². The zero-order valence-electron chi connectivity index (χ0n) is 12.0. The molecule has 1 aromatic heterocycles. The molecular weight excluding hydrogens is 244 g/mol. The van der Waals surface area contributed by atoms with Gasteiger partial charge in [0.05, 0.1) is 6.61 Å². The molecule has 0 spiro atoms. The van der Waals surface area contributed by atoms with Crippen LogP contribution in [0.2, 0.25) is 0 Å². The minimum absolute atomic E-state index is 0.173. The number of hydrogen-bond donors (Lipinski definition) is 2. The van der Waals surface area contributed by atoms with E-state index in [1.165, 1.54) is 0 Å². The lowest BCUT2D eigenvalue weighted by Gasteiger charge is -2.17. The van der Waals surface area contributed by atoms with Crippen LogP contribution in [0.3, 0.4) is 0 Å². The molecule has 3 N–H and O–H groups in total. The van der Waals surface area contributed by atoms with E-state index in [0.29, 0.717) is 12.6 Å². The van der Waals surface area contributed by atoms with Crippen molar-refractivity contribution in [2.45, 2.75) is 27.2 Å². The molecule has 0 aliphatic rings. The highest BCUT2D eigenvalue weighted by Gasteiger charge is 2.05. The van der Waals surface area contributed by atoms with Gasteiger partial charge in [-0.25, -0.2) is 0 Å². The molecular formula is C12H24N6O. The maximum Gasteiger partial charge on any atom is 0.323 e. The van der Waals surface area contributed by atoms with Crippen LogP contribution in [-0.4, -0.2) is 52.6 Å². The molecule has 1 heterocycles. The van der Waals surface area contributed by atoms with Gasteiger partial charge in [-0.2, -0.15) is 15.0 Å². The van der Waals surface area contributed by atoms with Crippen LogP contribution >= 0.6 is 0 Å². The van der Waals surface area contributed by atoms with E-state index in [-0.39, 0.29) is 12.0 Å². The van der Waals surface area contributed by atoms with Gasteiger partial charge in [-0.3, -0.25) is 0 Å². The minimum Gasteiger partial charge on any atom is -0.463 e. The van der Waals surface area contributed by atoms with Gasteiger partial charge in [0.1, 0.15) is 0 Å². The van der Waals surface area contributed by atoms with Crippen LogP contribution in [0.1, 0.15) is 27.2 Å². The first kappa shape index (κ1) is 15.4. The quantitative estimate of drug-likeness (QED) is 0.690. The number of anilines is 2. The van der Waals surface area contributed by atoms with Crippen molar-refractivity contribution in [3.05, 3.63) is 0 Å². The van der Waals surface area contributed by atoms with Gasteiger partial charge in [-0.1, -0.05) is 20.8 Å². The van der Waals surface area contributed by atoms with E-state index in [1.54, 1.807) is 0 Å². The molecule has 108 valence electrons. The number of nitrogens with one attached hydrogen (secondary N) is 1. The van der Waals surface area contributed by atoms with Crippen molar-refractivity contribution in [3.63, 3.8) is 0 Å². The molecule has 0 saturated carbocycles. The Kier molecular flexibility index (Phi) is 6.88. The SMILES string of the molecule is CCCOc1nc(N)nc(NCCN(CC)CC)n1. The van der Waals surface area contributed by atoms with Crippen molar-refractivity contribution in [2.24, 2.45) is 0 Å². The lowest BCUT2D eigenvalue weighted by atomic mass is 10.4. The fourth-order valence-corrected chi connectivity index (χ4v) is 1.57. The molecule has 0 aliphatic carbocycles. The van der Waals surface area contributed by atoms with Crippen molar-refractivity contribution in [1.29, 1.82) is 0 Å². The standard InChI is InChI=1S/C12H24N6O/c1-4-9-19-12-16-10(13)15-11(17-12)14-7-8-18(5-2)6-3/h4-9H2,1-3H3,(H3,13,14,15,16,17). The maximum absolute atomic E-state index is 5.62. The molecule has 1 rings (SSSR count). The summed E-state index contributed by atoms with van der Waals surface area (Å²) in [5, 5.41) is 3.14. The zero-order chi connectivity index (χ0) is 14.1. The first-order valence-electron chi connectivity index (χ1n) is 6.80. The number of nitrogen functional groups attached to an aromatic ring is 1. The number of hydrogen-bond acceptors (Lipinski definition) is 7. The second-order valence-corrected chi connectivity index (χ2v) is 4.10. The Balaban J connectivity index is 2.50. The fraction of sp³-hybridized carbons (Fsp3) is 0.750. The fourth-order valence-electron chi connectivity index (χ4n) is 1.57. The van der Waals surface area contributed by atoms with Crippen LogP contribution in [0, 0.1) is 0 Å². The number of nitrogens with zero attached hydrogens (tertiary/aromatic N) is 4. The number of nitrogens with two attached hydrogens (primary N) is 1. The van der Waals surface area contributed by atoms with E-state index in [1.807, 2.05) is 6.92 Å². The first-order valence-corrected chi connectivity index (χ1v) is 6.80. The topological polar surface area (TPSA) is 89.2 Å². The van der Waals surface area contributed by atoms with Crippen LogP contribution in [0.15, 0.2) is 0 Å². The van der Waals surface area contributed by atoms with Crippen molar-refractivity contribution >= 4 is 11.9 Å². The molecule has 7 nitrogen and oxygen atoms in total.